The molecule has 294 valence electrons. The number of nitrogens with zero attached hydrogens (tertiary/aromatic N) is 2. The smallest absolute Gasteiger partial charge is 0.0615 e. The Balaban J connectivity index is 1.28. The van der Waals surface area contributed by atoms with E-state index in [-0.39, 0.29) is 10.8 Å². The third-order valence-electron chi connectivity index (χ3n) is 13.9. The van der Waals surface area contributed by atoms with Crippen LogP contribution in [0.15, 0.2) is 133 Å². The minimum atomic E-state index is -0.0278. The molecule has 0 amide bonds. The molecule has 0 aliphatic rings. The van der Waals surface area contributed by atoms with E-state index in [1.54, 1.807) is 0 Å². The summed E-state index contributed by atoms with van der Waals surface area (Å²) in [5, 5.41) is 18.2. The van der Waals surface area contributed by atoms with Crippen LogP contribution in [-0.2, 0) is 10.8 Å². The first-order chi connectivity index (χ1) is 28.8. The monoisotopic (exact) mass is 776 g/mol. The summed E-state index contributed by atoms with van der Waals surface area (Å²) < 4.78 is 5.20. The molecule has 2 aromatic heterocycles. The van der Waals surface area contributed by atoms with Crippen LogP contribution in [0.3, 0.4) is 0 Å². The van der Waals surface area contributed by atoms with Gasteiger partial charge in [0.05, 0.1) is 22.4 Å². The van der Waals surface area contributed by atoms with E-state index in [2.05, 4.69) is 212 Å². The van der Waals surface area contributed by atoms with Crippen molar-refractivity contribution in [1.82, 2.24) is 9.13 Å². The first-order valence-corrected chi connectivity index (χ1v) is 21.6. The summed E-state index contributed by atoms with van der Waals surface area (Å²) in [6.45, 7) is 23.3. The topological polar surface area (TPSA) is 9.86 Å². The van der Waals surface area contributed by atoms with Crippen LogP contribution in [0.2, 0.25) is 0 Å². The zero-order valence-electron chi connectivity index (χ0n) is 36.6. The van der Waals surface area contributed by atoms with Gasteiger partial charge in [-0.25, -0.2) is 0 Å². The second-order valence-corrected chi connectivity index (χ2v) is 19.4. The van der Waals surface area contributed by atoms with Gasteiger partial charge in [-0.2, -0.15) is 0 Å². The summed E-state index contributed by atoms with van der Waals surface area (Å²) in [6.07, 6.45) is 0. The van der Waals surface area contributed by atoms with Crippen LogP contribution >= 0.6 is 0 Å². The molecule has 0 aliphatic carbocycles. The quantitative estimate of drug-likeness (QED) is 0.122. The molecule has 11 aromatic rings. The minimum absolute atomic E-state index is 0.0278. The summed E-state index contributed by atoms with van der Waals surface area (Å²) in [5.41, 5.74) is 13.1. The van der Waals surface area contributed by atoms with E-state index in [0.29, 0.717) is 0 Å². The predicted octanol–water partition coefficient (Wildman–Crippen LogP) is 16.3. The molecule has 0 fully saturated rings. The Hall–Kier alpha value is -6.38. The van der Waals surface area contributed by atoms with Gasteiger partial charge < -0.3 is 9.13 Å². The van der Waals surface area contributed by atoms with Crippen molar-refractivity contribution in [2.24, 2.45) is 0 Å². The largest absolute Gasteiger partial charge is 0.312 e. The van der Waals surface area contributed by atoms with E-state index < -0.39 is 0 Å². The van der Waals surface area contributed by atoms with Gasteiger partial charge in [0.15, 0.2) is 0 Å². The van der Waals surface area contributed by atoms with E-state index in [1.165, 1.54) is 131 Å². The average Bonchev–Trinajstić information content (AvgIpc) is 3.64. The van der Waals surface area contributed by atoms with Crippen molar-refractivity contribution in [3.8, 4) is 11.4 Å². The van der Waals surface area contributed by atoms with Crippen LogP contribution in [0.5, 0.6) is 0 Å². The Morgan fingerprint density at radius 1 is 0.283 bits per heavy atom. The van der Waals surface area contributed by atoms with Crippen LogP contribution in [0.25, 0.3) is 97.8 Å². The molecule has 0 radical (unpaired) electrons. The maximum atomic E-state index is 2.60. The lowest BCUT2D eigenvalue weighted by Crippen LogP contribution is -2.14. The molecule has 2 heteroatoms. The average molecular weight is 777 g/mol. The highest BCUT2D eigenvalue weighted by atomic mass is 15.0. The lowest BCUT2D eigenvalue weighted by Gasteiger charge is -2.27. The molecule has 2 nitrogen and oxygen atoms in total. The summed E-state index contributed by atoms with van der Waals surface area (Å²) in [6, 6.07) is 50.7. The highest BCUT2D eigenvalue weighted by Gasteiger charge is 2.28. The molecule has 0 atom stereocenters. The summed E-state index contributed by atoms with van der Waals surface area (Å²) in [4.78, 5) is 0. The lowest BCUT2D eigenvalue weighted by atomic mass is 9.79. The first kappa shape index (κ1) is 36.7. The van der Waals surface area contributed by atoms with E-state index in [4.69, 9.17) is 0 Å². The van der Waals surface area contributed by atoms with Crippen molar-refractivity contribution < 1.29 is 0 Å². The molecule has 0 saturated carbocycles. The van der Waals surface area contributed by atoms with Crippen LogP contribution in [0.4, 0.5) is 0 Å². The van der Waals surface area contributed by atoms with Crippen molar-refractivity contribution in [2.75, 3.05) is 0 Å². The Labute approximate surface area is 352 Å². The summed E-state index contributed by atoms with van der Waals surface area (Å²) in [5.74, 6) is 0. The number of fused-ring (bicyclic) bond motifs is 11. The number of benzene rings is 9. The molecule has 9 aromatic carbocycles. The zero-order valence-corrected chi connectivity index (χ0v) is 36.6. The number of hydrogen-bond donors (Lipinski definition) is 0. The number of aryl methyl sites for hydroxylation is 2. The van der Waals surface area contributed by atoms with Crippen molar-refractivity contribution in [3.05, 3.63) is 167 Å². The Bertz CT molecular complexity index is 3290. The van der Waals surface area contributed by atoms with E-state index >= 15 is 0 Å². The summed E-state index contributed by atoms with van der Waals surface area (Å²) in [7, 11) is 0. The van der Waals surface area contributed by atoms with E-state index in [9.17, 15) is 0 Å². The third kappa shape index (κ3) is 4.88. The van der Waals surface area contributed by atoms with Crippen molar-refractivity contribution >= 4 is 86.4 Å². The van der Waals surface area contributed by atoms with Gasteiger partial charge in [-0.3, -0.25) is 0 Å². The molecule has 0 saturated heterocycles. The van der Waals surface area contributed by atoms with Crippen molar-refractivity contribution in [2.45, 2.75) is 80.1 Å². The van der Waals surface area contributed by atoms with E-state index in [0.717, 1.165) is 0 Å². The highest BCUT2D eigenvalue weighted by molar-refractivity contribution is 6.24. The fraction of sp³-hybridized carbons (Fsp3) is 0.207. The Morgan fingerprint density at radius 3 is 0.817 bits per heavy atom. The molecular formula is C58H52N2. The van der Waals surface area contributed by atoms with Gasteiger partial charge in [0.25, 0.3) is 0 Å². The fourth-order valence-electron chi connectivity index (χ4n) is 11.2. The summed E-state index contributed by atoms with van der Waals surface area (Å²) >= 11 is 0. The van der Waals surface area contributed by atoms with Gasteiger partial charge in [0, 0.05) is 54.5 Å². The molecule has 0 bridgehead atoms. The SMILES string of the molecule is Cc1c(C)n(-c2c3ccccc3c(C(C)(C)C)c3ccccc23)c2c1ccc1c3ccc4c(C)c(C)n(-c5c6ccccc6c(C(C)(C)C)c6ccccc56)c4c3ccc12. The zero-order chi connectivity index (χ0) is 41.6. The Morgan fingerprint density at radius 2 is 0.533 bits per heavy atom. The molecule has 0 N–H and O–H groups in total. The number of aromatic nitrogens is 2. The van der Waals surface area contributed by atoms with Gasteiger partial charge in [-0.1, -0.05) is 175 Å². The van der Waals surface area contributed by atoms with Crippen LogP contribution in [0.1, 0.15) is 75.2 Å². The second kappa shape index (κ2) is 12.6. The second-order valence-electron chi connectivity index (χ2n) is 19.4. The normalized spacial score (nSPS) is 12.8. The van der Waals surface area contributed by atoms with Gasteiger partial charge in [-0.05, 0) is 93.1 Å². The van der Waals surface area contributed by atoms with Crippen LogP contribution in [-0.4, -0.2) is 9.13 Å². The molecule has 60 heavy (non-hydrogen) atoms. The van der Waals surface area contributed by atoms with Gasteiger partial charge in [-0.15, -0.1) is 0 Å². The molecule has 0 spiro atoms. The first-order valence-electron chi connectivity index (χ1n) is 21.6. The lowest BCUT2D eigenvalue weighted by molar-refractivity contribution is 0.601. The maximum absolute atomic E-state index is 2.60. The van der Waals surface area contributed by atoms with Crippen LogP contribution in [0, 0.1) is 27.7 Å². The molecular weight excluding hydrogens is 725 g/mol. The maximum Gasteiger partial charge on any atom is 0.0615 e. The molecule has 11 rings (SSSR count). The van der Waals surface area contributed by atoms with Gasteiger partial charge in [0.2, 0.25) is 0 Å². The van der Waals surface area contributed by atoms with Crippen molar-refractivity contribution in [1.29, 1.82) is 0 Å². The van der Waals surface area contributed by atoms with E-state index in [1.807, 2.05) is 0 Å². The number of hydrogen-bond acceptors (Lipinski definition) is 0. The predicted molar refractivity (Wildman–Crippen MR) is 261 cm³/mol. The fourth-order valence-corrected chi connectivity index (χ4v) is 11.2. The molecule has 2 heterocycles. The van der Waals surface area contributed by atoms with Crippen molar-refractivity contribution in [3.63, 3.8) is 0 Å². The standard InChI is InChI=1S/C58H52N2/c1-33-35(3)59(55-45-23-15-11-19-41(45)51(57(5,6)7)42-20-12-16-24-46(42)55)53-37(33)27-29-39-40-30-28-38-34(2)36(4)60(54(38)50(40)32-31-49(39)53)56-47-25-17-13-21-43(47)52(58(8,9)10)44-22-14-18-26-48(44)56/h11-32H,1-10H3. The molecule has 0 unspecified atom stereocenters. The van der Waals surface area contributed by atoms with Crippen LogP contribution < -0.4 is 0 Å². The highest BCUT2D eigenvalue weighted by Crippen LogP contribution is 2.47. The van der Waals surface area contributed by atoms with Gasteiger partial charge >= 0.3 is 0 Å². The Kier molecular flexibility index (Phi) is 7.68. The molecule has 0 aliphatic heterocycles. The van der Waals surface area contributed by atoms with Gasteiger partial charge in [0.1, 0.15) is 0 Å². The third-order valence-corrected chi connectivity index (χ3v) is 13.9. The minimum Gasteiger partial charge on any atom is -0.312 e. The number of rotatable bonds is 2.